The van der Waals surface area contributed by atoms with Crippen molar-refractivity contribution < 1.29 is 49.5 Å². The van der Waals surface area contributed by atoms with Gasteiger partial charge in [-0.3, -0.25) is 14.4 Å². The number of nitrogens with zero attached hydrogens (tertiary/aromatic N) is 2. The Hall–Kier alpha value is -7.11. The number of aryl methyl sites for hydroxylation is 4. The first-order valence-electron chi connectivity index (χ1n) is 19.5. The average molecular weight is 888 g/mol. The molecular weight excluding hydrogens is 843 g/mol. The van der Waals surface area contributed by atoms with E-state index in [1.165, 1.54) is 24.3 Å². The molecule has 0 saturated heterocycles. The summed E-state index contributed by atoms with van der Waals surface area (Å²) in [5.74, 6) is -0.815. The van der Waals surface area contributed by atoms with Crippen LogP contribution in [-0.4, -0.2) is 43.7 Å². The minimum Gasteiger partial charge on any atom is -0.744 e. The summed E-state index contributed by atoms with van der Waals surface area (Å²) in [4.78, 5) is 37.9. The van der Waals surface area contributed by atoms with E-state index in [1.54, 1.807) is 72.8 Å². The summed E-state index contributed by atoms with van der Waals surface area (Å²) in [6.45, 7) is 9.42. The maximum atomic E-state index is 12.8. The molecule has 0 fully saturated rings. The molecule has 3 N–H and O–H groups in total. The second-order valence-electron chi connectivity index (χ2n) is 14.0. The van der Waals surface area contributed by atoms with Gasteiger partial charge in [0.15, 0.2) is 18.6 Å². The van der Waals surface area contributed by atoms with Crippen molar-refractivity contribution in [2.45, 2.75) is 50.6 Å². The van der Waals surface area contributed by atoms with Gasteiger partial charge in [-0.05, 0) is 125 Å². The van der Waals surface area contributed by atoms with E-state index in [0.29, 0.717) is 33.8 Å². The Balaban J connectivity index is 0.000000276. The first kappa shape index (κ1) is 46.9. The van der Waals surface area contributed by atoms with E-state index in [1.807, 2.05) is 86.4 Å². The van der Waals surface area contributed by atoms with Crippen molar-refractivity contribution in [3.05, 3.63) is 186 Å². The van der Waals surface area contributed by atoms with Crippen LogP contribution in [0.5, 0.6) is 0 Å². The van der Waals surface area contributed by atoms with E-state index in [9.17, 15) is 40.3 Å². The van der Waals surface area contributed by atoms with Crippen LogP contribution in [0, 0.1) is 13.8 Å². The number of aromatic nitrogens is 2. The number of benzene rings is 5. The molecule has 7 rings (SSSR count). The molecule has 14 nitrogen and oxygen atoms in total. The highest BCUT2D eigenvalue weighted by atomic mass is 32.2. The predicted octanol–water partition coefficient (Wildman–Crippen LogP) is 7.01. The van der Waals surface area contributed by atoms with E-state index in [4.69, 9.17) is 0 Å². The van der Waals surface area contributed by atoms with E-state index in [0.717, 1.165) is 35.1 Å². The number of nitrogens with one attached hydrogen (secondary N) is 3. The number of amides is 3. The molecule has 0 aliphatic carbocycles. The highest BCUT2D eigenvalue weighted by molar-refractivity contribution is 7.86. The Morgan fingerprint density at radius 3 is 1.40 bits per heavy atom. The molecule has 0 atom stereocenters. The molecule has 63 heavy (non-hydrogen) atoms. The van der Waals surface area contributed by atoms with Crippen molar-refractivity contribution in [2.75, 3.05) is 16.0 Å². The van der Waals surface area contributed by atoms with Crippen LogP contribution in [0.3, 0.4) is 0 Å². The molecule has 5 aromatic carbocycles. The molecule has 0 aliphatic heterocycles. The molecule has 0 aliphatic rings. The van der Waals surface area contributed by atoms with Crippen LogP contribution < -0.4 is 25.1 Å². The molecule has 7 aromatic rings. The van der Waals surface area contributed by atoms with E-state index < -0.39 is 20.2 Å². The minimum absolute atomic E-state index is 0.178. The van der Waals surface area contributed by atoms with Gasteiger partial charge in [0.1, 0.15) is 39.0 Å². The number of anilines is 3. The maximum absolute atomic E-state index is 12.8. The zero-order valence-electron chi connectivity index (χ0n) is 34.8. The van der Waals surface area contributed by atoms with Crippen LogP contribution in [0.25, 0.3) is 10.9 Å². The second-order valence-corrected chi connectivity index (χ2v) is 16.8. The highest BCUT2D eigenvalue weighted by Gasteiger charge is 2.13. The maximum Gasteiger partial charge on any atom is 0.255 e. The molecule has 16 heteroatoms. The Morgan fingerprint density at radius 2 is 0.937 bits per heavy atom. The number of pyridine rings is 2. The number of carbonyl (C=O) groups is 3. The normalized spacial score (nSPS) is 11.0. The van der Waals surface area contributed by atoms with Gasteiger partial charge < -0.3 is 25.1 Å². The lowest BCUT2D eigenvalue weighted by atomic mass is 10.1. The SMILES string of the molecule is CC[n+]1cccc(NC(=O)c2ccc(NC(=O)c3ccc(C(=O)Nc4ccc5c(ccc[n+]5CC)c4)cc3)cc2)c1.Cc1ccc(S(=O)(=O)[O-])cc1.Cc1ccc(S(=O)(=O)[O-])cc1. The molecule has 3 amide bonds. The predicted molar refractivity (Wildman–Crippen MR) is 237 cm³/mol. The van der Waals surface area contributed by atoms with Crippen molar-refractivity contribution in [3.63, 3.8) is 0 Å². The summed E-state index contributed by atoms with van der Waals surface area (Å²) in [5.41, 5.74) is 6.23. The molecular formula is C47H45N5O9S2. The molecule has 324 valence electrons. The first-order chi connectivity index (χ1) is 29.9. The molecule has 0 bridgehead atoms. The van der Waals surface area contributed by atoms with Crippen molar-refractivity contribution in [1.82, 2.24) is 0 Å². The number of fused-ring (bicyclic) bond motifs is 1. The monoisotopic (exact) mass is 887 g/mol. The van der Waals surface area contributed by atoms with Crippen molar-refractivity contribution in [3.8, 4) is 0 Å². The lowest BCUT2D eigenvalue weighted by molar-refractivity contribution is -0.692. The number of hydrogen-bond donors (Lipinski definition) is 3. The van der Waals surface area contributed by atoms with E-state index in [2.05, 4.69) is 27.4 Å². The second kappa shape index (κ2) is 21.1. The third kappa shape index (κ3) is 13.7. The molecule has 0 radical (unpaired) electrons. The zero-order chi connectivity index (χ0) is 45.7. The third-order valence-electron chi connectivity index (χ3n) is 9.39. The fraction of sp³-hybridized carbons (Fsp3) is 0.128. The molecule has 2 aromatic heterocycles. The van der Waals surface area contributed by atoms with Crippen molar-refractivity contribution in [1.29, 1.82) is 0 Å². The quantitative estimate of drug-likeness (QED) is 0.0952. The number of hydrogen-bond acceptors (Lipinski definition) is 9. The molecule has 0 saturated carbocycles. The third-order valence-corrected chi connectivity index (χ3v) is 11.1. The van der Waals surface area contributed by atoms with Crippen LogP contribution in [0.15, 0.2) is 168 Å². The standard InChI is InChI=1S/C33H29N5O3.2C7H8O3S/c1-3-37-19-6-8-29(22-37)36-33(41)25-13-15-27(16-14-25)34-31(39)23-9-11-24(12-10-23)32(40)35-28-17-18-30-26(21-28)7-5-20-38(30)4-2;2*1-6-2-4-7(5-3-6)11(8,9)10/h5-22H,3-4H2,1-2H3,(H-2,34,35,36,39,40,41);2*2-5H,1H3,(H,8,9,10). The first-order valence-corrected chi connectivity index (χ1v) is 22.4. The van der Waals surface area contributed by atoms with Gasteiger partial charge in [0.05, 0.1) is 9.79 Å². The lowest BCUT2D eigenvalue weighted by Gasteiger charge is -2.09. The van der Waals surface area contributed by atoms with E-state index in [-0.39, 0.29) is 27.5 Å². The molecule has 0 unspecified atom stereocenters. The van der Waals surface area contributed by atoms with Gasteiger partial charge in [-0.25, -0.2) is 21.4 Å². The van der Waals surface area contributed by atoms with Gasteiger partial charge in [-0.15, -0.1) is 0 Å². The smallest absolute Gasteiger partial charge is 0.255 e. The number of carbonyl (C=O) groups excluding carboxylic acids is 3. The van der Waals surface area contributed by atoms with Crippen LogP contribution in [0.4, 0.5) is 17.1 Å². The largest absolute Gasteiger partial charge is 0.744 e. The highest BCUT2D eigenvalue weighted by Crippen LogP contribution is 2.19. The zero-order valence-corrected chi connectivity index (χ0v) is 36.4. The van der Waals surface area contributed by atoms with Gasteiger partial charge in [0, 0.05) is 51.7 Å². The molecule has 0 spiro atoms. The summed E-state index contributed by atoms with van der Waals surface area (Å²) in [7, 11) is -8.54. The summed E-state index contributed by atoms with van der Waals surface area (Å²) in [5, 5.41) is 9.67. The Labute approximate surface area is 366 Å². The fourth-order valence-electron chi connectivity index (χ4n) is 5.92. The van der Waals surface area contributed by atoms with Crippen LogP contribution in [-0.2, 0) is 33.3 Å². The fourth-order valence-corrected chi connectivity index (χ4v) is 6.86. The van der Waals surface area contributed by atoms with E-state index >= 15 is 0 Å². The Morgan fingerprint density at radius 1 is 0.508 bits per heavy atom. The lowest BCUT2D eigenvalue weighted by Crippen LogP contribution is -2.32. The van der Waals surface area contributed by atoms with Gasteiger partial charge >= 0.3 is 0 Å². The number of rotatable bonds is 10. The Kier molecular flexibility index (Phi) is 15.7. The summed E-state index contributed by atoms with van der Waals surface area (Å²) in [6.07, 6.45) is 5.83. The van der Waals surface area contributed by atoms with Gasteiger partial charge in [-0.2, -0.15) is 4.57 Å². The topological polar surface area (TPSA) is 209 Å². The van der Waals surface area contributed by atoms with Crippen molar-refractivity contribution in [2.24, 2.45) is 0 Å². The average Bonchev–Trinajstić information content (AvgIpc) is 3.26. The van der Waals surface area contributed by atoms with Crippen LogP contribution in [0.2, 0.25) is 0 Å². The van der Waals surface area contributed by atoms with Crippen LogP contribution >= 0.6 is 0 Å². The van der Waals surface area contributed by atoms with Gasteiger partial charge in [0.2, 0.25) is 5.52 Å². The van der Waals surface area contributed by atoms with Crippen molar-refractivity contribution >= 4 is 65.9 Å². The summed E-state index contributed by atoms with van der Waals surface area (Å²) < 4.78 is 66.4. The summed E-state index contributed by atoms with van der Waals surface area (Å²) >= 11 is 0. The van der Waals surface area contributed by atoms with Crippen LogP contribution in [0.1, 0.15) is 56.0 Å². The molecule has 2 heterocycles. The minimum atomic E-state index is -4.27. The van der Waals surface area contributed by atoms with Gasteiger partial charge in [0.25, 0.3) is 17.7 Å². The Bertz CT molecular complexity index is 2870. The summed E-state index contributed by atoms with van der Waals surface area (Å²) in [6, 6.07) is 38.2. The van der Waals surface area contributed by atoms with Gasteiger partial charge in [-0.1, -0.05) is 35.4 Å².